The zero-order valence-electron chi connectivity index (χ0n) is 12.6. The molecule has 7 aliphatic rings. The van der Waals surface area contributed by atoms with Gasteiger partial charge in [-0.15, -0.1) is 0 Å². The fraction of sp³-hybridized carbons (Fsp3) is 0.882. The van der Waals surface area contributed by atoms with Crippen LogP contribution in [0.1, 0.15) is 20.3 Å². The van der Waals surface area contributed by atoms with Crippen LogP contribution in [0.25, 0.3) is 0 Å². The Bertz CT molecular complexity index is 608. The number of carbonyl (C=O) groups excluding carboxylic acids is 2. The Morgan fingerprint density at radius 2 is 1.41 bits per heavy atom. The van der Waals surface area contributed by atoms with Crippen LogP contribution in [-0.4, -0.2) is 22.6 Å². The van der Waals surface area contributed by atoms with Crippen LogP contribution >= 0.6 is 15.9 Å². The Morgan fingerprint density at radius 3 is 2.05 bits per heavy atom. The van der Waals surface area contributed by atoms with Crippen molar-refractivity contribution >= 4 is 27.9 Å². The van der Waals surface area contributed by atoms with E-state index in [9.17, 15) is 9.59 Å². The first-order valence-corrected chi connectivity index (χ1v) is 9.42. The lowest BCUT2D eigenvalue weighted by Gasteiger charge is -2.36. The Hall–Kier alpha value is -0.580. The maximum absolute atomic E-state index is 12.5. The minimum absolute atomic E-state index is 0.179. The molecule has 1 aliphatic heterocycles. The van der Waals surface area contributed by atoms with Gasteiger partial charge in [-0.05, 0) is 59.7 Å². The zero-order valence-corrected chi connectivity index (χ0v) is 14.2. The molecule has 7 rings (SSSR count). The van der Waals surface area contributed by atoms with Crippen LogP contribution in [0.3, 0.4) is 0 Å². The van der Waals surface area contributed by atoms with Gasteiger partial charge in [0.1, 0.15) is 0 Å². The van der Waals surface area contributed by atoms with Crippen LogP contribution in [0.15, 0.2) is 0 Å². The van der Waals surface area contributed by atoms with Gasteiger partial charge in [0.15, 0.2) is 5.92 Å². The molecule has 0 spiro atoms. The summed E-state index contributed by atoms with van der Waals surface area (Å²) in [5.41, 5.74) is 0. The van der Waals surface area contributed by atoms with Gasteiger partial charge in [-0.3, -0.25) is 9.59 Å². The van der Waals surface area contributed by atoms with Gasteiger partial charge >= 0.3 is 11.9 Å². The number of hydrogen-bond donors (Lipinski definition) is 0. The summed E-state index contributed by atoms with van der Waals surface area (Å²) < 4.78 is 10.8. The molecule has 6 aliphatic carbocycles. The molecule has 0 N–H and O–H groups in total. The van der Waals surface area contributed by atoms with Gasteiger partial charge in [-0.2, -0.15) is 0 Å². The zero-order chi connectivity index (χ0) is 15.1. The van der Waals surface area contributed by atoms with Gasteiger partial charge in [0.05, 0.1) is 0 Å². The van der Waals surface area contributed by atoms with Gasteiger partial charge in [0.25, 0.3) is 5.79 Å². The Kier molecular flexibility index (Phi) is 1.99. The first kappa shape index (κ1) is 12.8. The molecule has 6 saturated carbocycles. The minimum atomic E-state index is -1.11. The SMILES string of the molecule is CC1(C)OC(=O)C([C@H]2C3C4C5C2[C@@H]2C[C@H]5C(C32)[C@@H]4Br)C(=O)O1. The van der Waals surface area contributed by atoms with E-state index in [0.717, 1.165) is 29.6 Å². The largest absolute Gasteiger partial charge is 0.422 e. The molecule has 6 bridgehead atoms. The summed E-state index contributed by atoms with van der Waals surface area (Å²) in [6, 6.07) is 0. The maximum Gasteiger partial charge on any atom is 0.323 e. The maximum atomic E-state index is 12.5. The van der Waals surface area contributed by atoms with Crippen molar-refractivity contribution in [3.63, 3.8) is 0 Å². The number of rotatable bonds is 1. The summed E-state index contributed by atoms with van der Waals surface area (Å²) in [7, 11) is 0. The average molecular weight is 367 g/mol. The first-order valence-electron chi connectivity index (χ1n) is 8.50. The third kappa shape index (κ3) is 1.10. The number of alkyl halides is 1. The Morgan fingerprint density at radius 1 is 0.864 bits per heavy atom. The Balaban J connectivity index is 1.42. The summed E-state index contributed by atoms with van der Waals surface area (Å²) in [6.07, 6.45) is 1.33. The van der Waals surface area contributed by atoms with Crippen LogP contribution < -0.4 is 0 Å². The second kappa shape index (κ2) is 3.42. The fourth-order valence-corrected chi connectivity index (χ4v) is 9.57. The van der Waals surface area contributed by atoms with Crippen LogP contribution in [0.5, 0.6) is 0 Å². The van der Waals surface area contributed by atoms with Crippen molar-refractivity contribution in [1.29, 1.82) is 0 Å². The minimum Gasteiger partial charge on any atom is -0.422 e. The number of hydrogen-bond acceptors (Lipinski definition) is 4. The quantitative estimate of drug-likeness (QED) is 0.405. The second-order valence-electron chi connectivity index (χ2n) is 8.77. The molecule has 1 saturated heterocycles. The highest BCUT2D eigenvalue weighted by Crippen LogP contribution is 2.86. The molecule has 4 nitrogen and oxygen atoms in total. The molecule has 5 heteroatoms. The van der Waals surface area contributed by atoms with Crippen LogP contribution in [0.2, 0.25) is 0 Å². The monoisotopic (exact) mass is 366 g/mol. The summed E-state index contributed by atoms with van der Waals surface area (Å²) in [5.74, 6) is 3.41. The molecule has 0 amide bonds. The second-order valence-corrected chi connectivity index (χ2v) is 9.83. The lowest BCUT2D eigenvalue weighted by atomic mass is 9.71. The predicted octanol–water partition coefficient (Wildman–Crippen LogP) is 2.21. The van der Waals surface area contributed by atoms with E-state index in [0.29, 0.717) is 22.6 Å². The third-order valence-electron chi connectivity index (χ3n) is 7.95. The molecule has 1 heterocycles. The van der Waals surface area contributed by atoms with Crippen LogP contribution in [0.4, 0.5) is 0 Å². The number of cyclic esters (lactones) is 2. The lowest BCUT2D eigenvalue weighted by molar-refractivity contribution is -0.243. The molecule has 118 valence electrons. The number of ether oxygens (including phenoxy) is 2. The molecule has 6 unspecified atom stereocenters. The Labute approximate surface area is 137 Å². The summed E-state index contributed by atoms with van der Waals surface area (Å²) in [5, 5.41) is 0. The van der Waals surface area contributed by atoms with Crippen molar-refractivity contribution < 1.29 is 19.1 Å². The van der Waals surface area contributed by atoms with E-state index in [1.807, 2.05) is 0 Å². The van der Waals surface area contributed by atoms with Gasteiger partial charge in [-0.25, -0.2) is 0 Å². The lowest BCUT2D eigenvalue weighted by Crippen LogP contribution is -2.49. The van der Waals surface area contributed by atoms with E-state index in [2.05, 4.69) is 15.9 Å². The fourth-order valence-electron chi connectivity index (χ4n) is 8.12. The number of esters is 2. The van der Waals surface area contributed by atoms with E-state index in [1.165, 1.54) is 6.42 Å². The van der Waals surface area contributed by atoms with Crippen molar-refractivity contribution in [2.24, 2.45) is 59.2 Å². The van der Waals surface area contributed by atoms with Crippen molar-refractivity contribution in [1.82, 2.24) is 0 Å². The van der Waals surface area contributed by atoms with Gasteiger partial charge in [0.2, 0.25) is 0 Å². The van der Waals surface area contributed by atoms with Crippen LogP contribution in [-0.2, 0) is 19.1 Å². The van der Waals surface area contributed by atoms with Crippen molar-refractivity contribution in [2.45, 2.75) is 30.9 Å². The molecule has 7 fully saturated rings. The molecule has 22 heavy (non-hydrogen) atoms. The molecule has 10 atom stereocenters. The first-order chi connectivity index (χ1) is 10.4. The smallest absolute Gasteiger partial charge is 0.323 e. The summed E-state index contributed by atoms with van der Waals surface area (Å²) in [4.78, 5) is 25.7. The van der Waals surface area contributed by atoms with Crippen molar-refractivity contribution in [3.05, 3.63) is 0 Å². The molecule has 0 aromatic rings. The van der Waals surface area contributed by atoms with Gasteiger partial charge < -0.3 is 9.47 Å². The van der Waals surface area contributed by atoms with Crippen LogP contribution in [0, 0.1) is 59.2 Å². The van der Waals surface area contributed by atoms with E-state index >= 15 is 0 Å². The average Bonchev–Trinajstić information content (AvgIpc) is 3.10. The third-order valence-corrected chi connectivity index (χ3v) is 9.17. The van der Waals surface area contributed by atoms with E-state index in [1.54, 1.807) is 13.8 Å². The topological polar surface area (TPSA) is 52.6 Å². The highest BCUT2D eigenvalue weighted by molar-refractivity contribution is 9.09. The van der Waals surface area contributed by atoms with Gasteiger partial charge in [0, 0.05) is 18.7 Å². The molecule has 0 aromatic heterocycles. The number of carbonyl (C=O) groups is 2. The van der Waals surface area contributed by atoms with Crippen molar-refractivity contribution in [2.75, 3.05) is 0 Å². The molecule has 0 aromatic carbocycles. The highest BCUT2D eigenvalue weighted by atomic mass is 79.9. The van der Waals surface area contributed by atoms with Gasteiger partial charge in [-0.1, -0.05) is 15.9 Å². The highest BCUT2D eigenvalue weighted by Gasteiger charge is 2.84. The predicted molar refractivity (Wildman–Crippen MR) is 78.5 cm³/mol. The van der Waals surface area contributed by atoms with Crippen molar-refractivity contribution in [3.8, 4) is 0 Å². The van der Waals surface area contributed by atoms with E-state index < -0.39 is 11.7 Å². The standard InChI is InChI=1S/C17H19BrO4/c1-17(2)21-15(19)13(16(20)22-17)11-6-4-3-5-7(6)12-10(11)8(4)9(5)14(12)18/h4-14H,3H2,1-2H3/t4-,5+,6?,7?,8?,9?,10?,11+,12?,14-/m0/s1. The summed E-state index contributed by atoms with van der Waals surface area (Å²) >= 11 is 3.95. The normalized spacial score (nSPS) is 62.3. The van der Waals surface area contributed by atoms with E-state index in [4.69, 9.17) is 9.47 Å². The summed E-state index contributed by atoms with van der Waals surface area (Å²) in [6.45, 7) is 3.27. The molecular weight excluding hydrogens is 348 g/mol. The number of halogens is 1. The molecule has 0 radical (unpaired) electrons. The molecular formula is C17H19BrO4. The van der Waals surface area contributed by atoms with E-state index in [-0.39, 0.29) is 17.9 Å².